The lowest BCUT2D eigenvalue weighted by Crippen LogP contribution is -2.64. The molecule has 0 spiro atoms. The van der Waals surface area contributed by atoms with Crippen molar-refractivity contribution in [2.75, 3.05) is 0 Å². The van der Waals surface area contributed by atoms with Gasteiger partial charge in [0.05, 0.1) is 0 Å². The Hall–Kier alpha value is -1.94. The van der Waals surface area contributed by atoms with Gasteiger partial charge in [-0.1, -0.05) is 0 Å². The van der Waals surface area contributed by atoms with E-state index in [1.165, 1.54) is 0 Å². The number of rotatable bonds is 7. The van der Waals surface area contributed by atoms with E-state index in [-0.39, 0.29) is 0 Å². The minimum absolute atomic E-state index is 1.81. The van der Waals surface area contributed by atoms with Crippen molar-refractivity contribution in [3.8, 4) is 0 Å². The smallest absolute Gasteiger partial charge is 0.397 e. The molecule has 4 nitrogen and oxygen atoms in total. The average molecular weight is 407 g/mol. The lowest BCUT2D eigenvalue weighted by Gasteiger charge is -2.34. The number of hydrogen-bond acceptors (Lipinski definition) is 3. The molecule has 0 heterocycles. The van der Waals surface area contributed by atoms with Crippen molar-refractivity contribution in [3.63, 3.8) is 0 Å². The molecule has 0 aromatic heterocycles. The highest BCUT2D eigenvalue weighted by Crippen LogP contribution is 2.51. The summed E-state index contributed by atoms with van der Waals surface area (Å²) in [4.78, 5) is 10.2. The predicted octanol–water partition coefficient (Wildman–Crippen LogP) is 3.59. The zero-order chi connectivity index (χ0) is 20.6. The van der Waals surface area contributed by atoms with Gasteiger partial charge in [-0.15, -0.1) is 0 Å². The summed E-state index contributed by atoms with van der Waals surface area (Å²) in [5, 5.41) is 0. The number of amides is 1. The van der Waals surface area contributed by atoms with Crippen molar-refractivity contribution in [2.24, 2.45) is 5.73 Å². The van der Waals surface area contributed by atoms with Crippen LogP contribution in [0.2, 0.25) is 0 Å². The summed E-state index contributed by atoms with van der Waals surface area (Å²) >= 11 is 0. The van der Waals surface area contributed by atoms with Gasteiger partial charge in [0.2, 0.25) is 0 Å². The first-order chi connectivity index (χ1) is 10.7. The molecule has 0 aliphatic rings. The van der Waals surface area contributed by atoms with Gasteiger partial charge in [0.1, 0.15) is 0 Å². The number of nitrogens with two attached hydrogens (primary N) is 1. The number of ether oxygens (including phenoxy) is 2. The summed E-state index contributed by atoms with van der Waals surface area (Å²) in [5.74, 6) is -17.3. The van der Waals surface area contributed by atoms with Gasteiger partial charge >= 0.3 is 42.3 Å². The Morgan fingerprint density at radius 2 is 1.16 bits per heavy atom. The number of halogens is 13. The number of hydrogen-bond donors (Lipinski definition) is 1. The second-order valence-corrected chi connectivity index (χ2v) is 3.80. The van der Waals surface area contributed by atoms with Crippen LogP contribution in [-0.4, -0.2) is 36.1 Å². The van der Waals surface area contributed by atoms with Crippen molar-refractivity contribution in [2.45, 2.75) is 30.2 Å². The molecule has 0 aliphatic carbocycles. The van der Waals surface area contributed by atoms with E-state index in [4.69, 9.17) is 0 Å². The molecular weight excluding hydrogens is 405 g/mol. The summed E-state index contributed by atoms with van der Waals surface area (Å²) in [6, 6.07) is -3.81. The fourth-order valence-corrected chi connectivity index (χ4v) is 0.873. The molecule has 0 saturated carbocycles. The Kier molecular flexibility index (Phi) is 5.92. The van der Waals surface area contributed by atoms with Crippen LogP contribution in [-0.2, 0) is 14.3 Å². The van der Waals surface area contributed by atoms with Crippen LogP contribution in [0.5, 0.6) is 0 Å². The molecule has 2 N–H and O–H groups in total. The van der Waals surface area contributed by atoms with Gasteiger partial charge in [0, 0.05) is 0 Å². The molecule has 25 heavy (non-hydrogen) atoms. The largest absolute Gasteiger partial charge is 0.475 e. The van der Waals surface area contributed by atoms with Crippen LogP contribution in [0.25, 0.3) is 0 Å². The minimum atomic E-state index is -7.40. The fourth-order valence-electron chi connectivity index (χ4n) is 0.873. The first kappa shape index (κ1) is 23.1. The summed E-state index contributed by atoms with van der Waals surface area (Å²) in [6.45, 7) is 0. The van der Waals surface area contributed by atoms with Crippen LogP contribution in [0.3, 0.4) is 0 Å². The SMILES string of the molecule is NC(=O)C(F)(OC(F)(F)C(F)(F)C(F)(F)OC(F)=C(F)F)C(F)(F)F. The van der Waals surface area contributed by atoms with Crippen LogP contribution in [0.4, 0.5) is 57.1 Å². The lowest BCUT2D eigenvalue weighted by atomic mass is 10.2. The lowest BCUT2D eigenvalue weighted by molar-refractivity contribution is -0.485. The van der Waals surface area contributed by atoms with Crippen molar-refractivity contribution >= 4 is 5.91 Å². The summed E-state index contributed by atoms with van der Waals surface area (Å²) in [5.41, 5.74) is 3.71. The van der Waals surface area contributed by atoms with Gasteiger partial charge < -0.3 is 10.5 Å². The highest BCUT2D eigenvalue weighted by Gasteiger charge is 2.80. The number of carbonyl (C=O) groups is 1. The van der Waals surface area contributed by atoms with E-state index in [1.807, 2.05) is 9.47 Å². The molecule has 148 valence electrons. The Labute approximate surface area is 126 Å². The van der Waals surface area contributed by atoms with Crippen LogP contribution in [0.1, 0.15) is 0 Å². The molecule has 0 aromatic carbocycles. The molecule has 0 aliphatic heterocycles. The molecule has 0 fully saturated rings. The van der Waals surface area contributed by atoms with Gasteiger partial charge in [0.15, 0.2) is 0 Å². The third-order valence-electron chi connectivity index (χ3n) is 2.05. The molecule has 1 unspecified atom stereocenters. The quantitative estimate of drug-likeness (QED) is 0.519. The third kappa shape index (κ3) is 4.18. The molecular formula is C8H2F13NO3. The topological polar surface area (TPSA) is 61.6 Å². The van der Waals surface area contributed by atoms with E-state index in [2.05, 4.69) is 5.73 Å². The standard InChI is InChI=1S/C8H2F13NO3/c9-1(10)2(11)24-7(18,19)5(13,14)8(20,21)25-4(12,3(22)23)6(15,16)17/h(H2,22,23). The van der Waals surface area contributed by atoms with Gasteiger partial charge in [-0.2, -0.15) is 57.1 Å². The van der Waals surface area contributed by atoms with Crippen LogP contribution in [0.15, 0.2) is 12.1 Å². The number of carbonyl (C=O) groups excluding carboxylic acids is 1. The summed E-state index contributed by atoms with van der Waals surface area (Å²) in [7, 11) is 0. The van der Waals surface area contributed by atoms with E-state index in [0.717, 1.165) is 0 Å². The molecule has 17 heteroatoms. The van der Waals surface area contributed by atoms with E-state index >= 15 is 0 Å². The second-order valence-electron chi connectivity index (χ2n) is 3.80. The second kappa shape index (κ2) is 6.41. The van der Waals surface area contributed by atoms with Crippen molar-refractivity contribution in [1.29, 1.82) is 0 Å². The van der Waals surface area contributed by atoms with Gasteiger partial charge in [-0.25, -0.2) is 0 Å². The maximum atomic E-state index is 13.1. The molecule has 0 radical (unpaired) electrons. The maximum absolute atomic E-state index is 13.1. The van der Waals surface area contributed by atoms with Crippen LogP contribution < -0.4 is 5.73 Å². The maximum Gasteiger partial charge on any atom is 0.475 e. The van der Waals surface area contributed by atoms with E-state index in [0.29, 0.717) is 0 Å². The normalized spacial score (nSPS) is 16.2. The zero-order valence-corrected chi connectivity index (χ0v) is 10.7. The first-order valence-electron chi connectivity index (χ1n) is 5.02. The molecule has 0 rings (SSSR count). The minimum Gasteiger partial charge on any atom is -0.397 e. The van der Waals surface area contributed by atoms with E-state index in [9.17, 15) is 61.9 Å². The zero-order valence-electron chi connectivity index (χ0n) is 10.7. The Morgan fingerprint density at radius 1 is 0.760 bits per heavy atom. The van der Waals surface area contributed by atoms with Gasteiger partial charge in [-0.05, 0) is 0 Å². The van der Waals surface area contributed by atoms with Crippen molar-refractivity contribution in [1.82, 2.24) is 0 Å². The third-order valence-corrected chi connectivity index (χ3v) is 2.05. The molecule has 0 bridgehead atoms. The van der Waals surface area contributed by atoms with Crippen molar-refractivity contribution in [3.05, 3.63) is 12.1 Å². The predicted molar refractivity (Wildman–Crippen MR) is 46.4 cm³/mol. The summed E-state index contributed by atoms with van der Waals surface area (Å²) < 4.78 is 165. The van der Waals surface area contributed by atoms with Gasteiger partial charge in [0.25, 0.3) is 5.91 Å². The highest BCUT2D eigenvalue weighted by molar-refractivity contribution is 5.82. The van der Waals surface area contributed by atoms with E-state index in [1.54, 1.807) is 0 Å². The molecule has 0 saturated heterocycles. The first-order valence-corrected chi connectivity index (χ1v) is 5.02. The Balaban J connectivity index is 5.97. The van der Waals surface area contributed by atoms with Crippen molar-refractivity contribution < 1.29 is 71.3 Å². The average Bonchev–Trinajstić information content (AvgIpc) is 2.35. The monoisotopic (exact) mass is 407 g/mol. The highest BCUT2D eigenvalue weighted by atomic mass is 19.4. The fraction of sp³-hybridized carbons (Fsp3) is 0.625. The number of primary amides is 1. The molecule has 1 atom stereocenters. The number of alkyl halides is 10. The Bertz CT molecular complexity index is 552. The van der Waals surface area contributed by atoms with Crippen LogP contribution in [0, 0.1) is 0 Å². The molecule has 1 amide bonds. The summed E-state index contributed by atoms with van der Waals surface area (Å²) in [6.07, 6.45) is -25.0. The Morgan fingerprint density at radius 3 is 1.44 bits per heavy atom. The molecule has 0 aromatic rings. The van der Waals surface area contributed by atoms with E-state index < -0.39 is 48.2 Å². The van der Waals surface area contributed by atoms with Gasteiger partial charge in [-0.3, -0.25) is 9.53 Å². The van der Waals surface area contributed by atoms with Crippen LogP contribution >= 0.6 is 0 Å².